The summed E-state index contributed by atoms with van der Waals surface area (Å²) in [4.78, 5) is 25.6. The van der Waals surface area contributed by atoms with E-state index < -0.39 is 11.7 Å². The van der Waals surface area contributed by atoms with Crippen LogP contribution in [-0.4, -0.2) is 22.5 Å². The maximum atomic E-state index is 12.5. The summed E-state index contributed by atoms with van der Waals surface area (Å²) < 4.78 is 5.31. The quantitative estimate of drug-likeness (QED) is 0.823. The summed E-state index contributed by atoms with van der Waals surface area (Å²) in [5, 5.41) is 0.545. The molecule has 0 aromatic heterocycles. The fraction of sp³-hybridized carbons (Fsp3) is 0.500. The lowest BCUT2D eigenvalue weighted by Crippen LogP contribution is -2.38. The molecule has 21 heavy (non-hydrogen) atoms. The van der Waals surface area contributed by atoms with Gasteiger partial charge in [-0.2, -0.15) is 0 Å². The Bertz CT molecular complexity index is 573. The number of hydrogen-bond donors (Lipinski definition) is 0. The SMILES string of the molecule is CCCCC1(C)OC(=O)N(Cc2cc(C)ccc2Cl)C1=O. The molecule has 114 valence electrons. The number of nitrogens with zero attached hydrogens (tertiary/aromatic N) is 1. The van der Waals surface area contributed by atoms with Crippen molar-refractivity contribution in [3.05, 3.63) is 34.3 Å². The largest absolute Gasteiger partial charge is 0.433 e. The van der Waals surface area contributed by atoms with E-state index in [1.54, 1.807) is 13.0 Å². The van der Waals surface area contributed by atoms with Gasteiger partial charge < -0.3 is 4.74 Å². The smallest absolute Gasteiger partial charge is 0.418 e. The van der Waals surface area contributed by atoms with Gasteiger partial charge in [0.25, 0.3) is 5.91 Å². The zero-order valence-corrected chi connectivity index (χ0v) is 13.4. The monoisotopic (exact) mass is 309 g/mol. The number of ether oxygens (including phenoxy) is 1. The molecule has 0 N–H and O–H groups in total. The Kier molecular flexibility index (Phi) is 4.57. The minimum Gasteiger partial charge on any atom is -0.433 e. The molecule has 1 aromatic carbocycles. The molecule has 0 bridgehead atoms. The highest BCUT2D eigenvalue weighted by atomic mass is 35.5. The highest BCUT2D eigenvalue weighted by Crippen LogP contribution is 2.31. The maximum Gasteiger partial charge on any atom is 0.418 e. The zero-order valence-electron chi connectivity index (χ0n) is 12.6. The number of cyclic esters (lactones) is 1. The van der Waals surface area contributed by atoms with Crippen molar-refractivity contribution in [1.29, 1.82) is 0 Å². The molecule has 1 aliphatic rings. The molecule has 2 rings (SSSR count). The van der Waals surface area contributed by atoms with Gasteiger partial charge in [-0.1, -0.05) is 42.6 Å². The van der Waals surface area contributed by atoms with Crippen LogP contribution in [0.5, 0.6) is 0 Å². The molecule has 0 radical (unpaired) electrons. The average Bonchev–Trinajstić information content (AvgIpc) is 2.64. The first kappa shape index (κ1) is 15.8. The Morgan fingerprint density at radius 2 is 2.05 bits per heavy atom. The third-order valence-electron chi connectivity index (χ3n) is 3.77. The lowest BCUT2D eigenvalue weighted by Gasteiger charge is -2.19. The fourth-order valence-electron chi connectivity index (χ4n) is 2.46. The molecule has 1 atom stereocenters. The molecule has 4 nitrogen and oxygen atoms in total. The van der Waals surface area contributed by atoms with Crippen molar-refractivity contribution < 1.29 is 14.3 Å². The summed E-state index contributed by atoms with van der Waals surface area (Å²) >= 11 is 6.13. The number of benzene rings is 1. The second-order valence-corrected chi connectivity index (χ2v) is 6.10. The molecular weight excluding hydrogens is 290 g/mol. The van der Waals surface area contributed by atoms with Gasteiger partial charge in [0.15, 0.2) is 5.60 Å². The van der Waals surface area contributed by atoms with E-state index >= 15 is 0 Å². The van der Waals surface area contributed by atoms with Gasteiger partial charge >= 0.3 is 6.09 Å². The highest BCUT2D eigenvalue weighted by Gasteiger charge is 2.49. The second kappa shape index (κ2) is 6.06. The molecule has 1 unspecified atom stereocenters. The molecule has 0 aliphatic carbocycles. The number of hydrogen-bond acceptors (Lipinski definition) is 3. The summed E-state index contributed by atoms with van der Waals surface area (Å²) in [7, 11) is 0. The molecule has 0 spiro atoms. The van der Waals surface area contributed by atoms with Crippen LogP contribution in [0, 0.1) is 6.92 Å². The fourth-order valence-corrected chi connectivity index (χ4v) is 2.64. The zero-order chi connectivity index (χ0) is 15.6. The molecule has 1 aromatic rings. The van der Waals surface area contributed by atoms with Crippen molar-refractivity contribution in [1.82, 2.24) is 4.90 Å². The van der Waals surface area contributed by atoms with Crippen LogP contribution in [0.3, 0.4) is 0 Å². The Morgan fingerprint density at radius 1 is 1.33 bits per heavy atom. The van der Waals surface area contributed by atoms with Gasteiger partial charge in [-0.15, -0.1) is 0 Å². The van der Waals surface area contributed by atoms with Crippen molar-refractivity contribution in [2.45, 2.75) is 52.2 Å². The molecular formula is C16H20ClNO3. The van der Waals surface area contributed by atoms with E-state index in [1.165, 1.54) is 0 Å². The van der Waals surface area contributed by atoms with Gasteiger partial charge in [0.2, 0.25) is 0 Å². The van der Waals surface area contributed by atoms with Crippen molar-refractivity contribution in [2.24, 2.45) is 0 Å². The van der Waals surface area contributed by atoms with E-state index in [9.17, 15) is 9.59 Å². The molecule has 1 aliphatic heterocycles. The van der Waals surface area contributed by atoms with Gasteiger partial charge in [-0.05, 0) is 38.3 Å². The first-order valence-corrected chi connectivity index (χ1v) is 7.55. The number of imide groups is 1. The van der Waals surface area contributed by atoms with E-state index in [0.717, 1.165) is 28.9 Å². The topological polar surface area (TPSA) is 46.6 Å². The van der Waals surface area contributed by atoms with Crippen LogP contribution in [0.4, 0.5) is 4.79 Å². The predicted octanol–water partition coefficient (Wildman–Crippen LogP) is 4.08. The van der Waals surface area contributed by atoms with Crippen molar-refractivity contribution in [3.63, 3.8) is 0 Å². The predicted molar refractivity (Wildman–Crippen MR) is 81.2 cm³/mol. The number of carbonyl (C=O) groups excluding carboxylic acids is 2. The third-order valence-corrected chi connectivity index (χ3v) is 4.14. The van der Waals surface area contributed by atoms with Crippen molar-refractivity contribution >= 4 is 23.6 Å². The second-order valence-electron chi connectivity index (χ2n) is 5.69. The van der Waals surface area contributed by atoms with Gasteiger partial charge in [0.05, 0.1) is 6.54 Å². The maximum absolute atomic E-state index is 12.5. The van der Waals surface area contributed by atoms with Crippen LogP contribution in [0.25, 0.3) is 0 Å². The van der Waals surface area contributed by atoms with Crippen LogP contribution in [0.2, 0.25) is 5.02 Å². The average molecular weight is 310 g/mol. The number of unbranched alkanes of at least 4 members (excludes halogenated alkanes) is 1. The summed E-state index contributed by atoms with van der Waals surface area (Å²) in [6.07, 6.45) is 1.75. The number of halogens is 1. The number of amides is 2. The number of rotatable bonds is 5. The van der Waals surface area contributed by atoms with Gasteiger partial charge in [-0.25, -0.2) is 9.69 Å². The van der Waals surface area contributed by atoms with Crippen LogP contribution >= 0.6 is 11.6 Å². The Labute approximate surface area is 130 Å². The number of aryl methyl sites for hydroxylation is 1. The highest BCUT2D eigenvalue weighted by molar-refractivity contribution is 6.31. The van der Waals surface area contributed by atoms with E-state index in [4.69, 9.17) is 16.3 Å². The van der Waals surface area contributed by atoms with Crippen molar-refractivity contribution in [3.8, 4) is 0 Å². The molecule has 1 heterocycles. The molecule has 1 saturated heterocycles. The Balaban J connectivity index is 2.19. The Hall–Kier alpha value is -1.55. The summed E-state index contributed by atoms with van der Waals surface area (Å²) in [6, 6.07) is 5.54. The number of carbonyl (C=O) groups is 2. The third kappa shape index (κ3) is 3.21. The van der Waals surface area contributed by atoms with E-state index in [-0.39, 0.29) is 12.5 Å². The normalized spacial score (nSPS) is 21.8. The van der Waals surface area contributed by atoms with Crippen LogP contribution < -0.4 is 0 Å². The summed E-state index contributed by atoms with van der Waals surface area (Å²) in [6.45, 7) is 5.81. The van der Waals surface area contributed by atoms with Crippen molar-refractivity contribution in [2.75, 3.05) is 0 Å². The van der Waals surface area contributed by atoms with E-state index in [0.29, 0.717) is 11.4 Å². The van der Waals surface area contributed by atoms with Gasteiger partial charge in [-0.3, -0.25) is 4.79 Å². The van der Waals surface area contributed by atoms with E-state index in [2.05, 4.69) is 0 Å². The summed E-state index contributed by atoms with van der Waals surface area (Å²) in [5.41, 5.74) is 0.744. The molecule has 1 fully saturated rings. The van der Waals surface area contributed by atoms with Gasteiger partial charge in [0.1, 0.15) is 0 Å². The first-order chi connectivity index (χ1) is 9.87. The van der Waals surface area contributed by atoms with Crippen LogP contribution in [0.15, 0.2) is 18.2 Å². The Morgan fingerprint density at radius 3 is 2.71 bits per heavy atom. The standard InChI is InChI=1S/C16H20ClNO3/c1-4-5-8-16(3)14(19)18(15(20)21-16)10-12-9-11(2)6-7-13(12)17/h6-7,9H,4-5,8,10H2,1-3H3. The molecule has 0 saturated carbocycles. The minimum absolute atomic E-state index is 0.153. The minimum atomic E-state index is -1.04. The van der Waals surface area contributed by atoms with Crippen LogP contribution in [0.1, 0.15) is 44.2 Å². The lowest BCUT2D eigenvalue weighted by atomic mass is 9.98. The first-order valence-electron chi connectivity index (χ1n) is 7.17. The summed E-state index contributed by atoms with van der Waals surface area (Å²) in [5.74, 6) is -0.279. The van der Waals surface area contributed by atoms with E-state index in [1.807, 2.05) is 26.0 Å². The van der Waals surface area contributed by atoms with Gasteiger partial charge in [0, 0.05) is 5.02 Å². The molecule has 5 heteroatoms. The van der Waals surface area contributed by atoms with Crippen LogP contribution in [-0.2, 0) is 16.1 Å². The lowest BCUT2D eigenvalue weighted by molar-refractivity contribution is -0.136. The molecule has 2 amide bonds.